The first-order valence-corrected chi connectivity index (χ1v) is 20.2. The van der Waals surface area contributed by atoms with Crippen molar-refractivity contribution in [2.45, 2.75) is 115 Å². The molecule has 5 heterocycles. The Morgan fingerprint density at radius 1 is 0.981 bits per heavy atom. The van der Waals surface area contributed by atoms with Crippen LogP contribution >= 0.6 is 22.9 Å². The molecule has 5 amide bonds. The van der Waals surface area contributed by atoms with Crippen molar-refractivity contribution in [1.29, 1.82) is 0 Å². The summed E-state index contributed by atoms with van der Waals surface area (Å²) in [6.07, 6.45) is 16.2. The Morgan fingerprint density at radius 2 is 1.75 bits per heavy atom. The summed E-state index contributed by atoms with van der Waals surface area (Å²) in [4.78, 5) is 61.3. The number of carbonyl (C=O) groups excluding carboxylic acids is 4. The van der Waals surface area contributed by atoms with Gasteiger partial charge in [0.15, 0.2) is 0 Å². The maximum absolute atomic E-state index is 12.9. The molecule has 0 bridgehead atoms. The highest BCUT2D eigenvalue weighted by molar-refractivity contribution is 7.14. The average Bonchev–Trinajstić information content (AvgIpc) is 3.66. The minimum absolute atomic E-state index is 0.191. The van der Waals surface area contributed by atoms with Gasteiger partial charge in [-0.1, -0.05) is 24.4 Å². The van der Waals surface area contributed by atoms with Gasteiger partial charge in [-0.2, -0.15) is 5.10 Å². The zero-order valence-electron chi connectivity index (χ0n) is 30.2. The van der Waals surface area contributed by atoms with E-state index in [9.17, 15) is 19.2 Å². The Bertz CT molecular complexity index is 1820. The lowest BCUT2D eigenvalue weighted by molar-refractivity contribution is -0.136. The smallest absolute Gasteiger partial charge is 0.315 e. The Balaban J connectivity index is 0.726. The molecule has 3 aromatic rings. The van der Waals surface area contributed by atoms with E-state index in [1.54, 1.807) is 6.20 Å². The van der Waals surface area contributed by atoms with E-state index in [4.69, 9.17) is 16.6 Å². The van der Waals surface area contributed by atoms with Crippen molar-refractivity contribution >= 4 is 52.6 Å². The first-order chi connectivity index (χ1) is 25.7. The molecule has 3 aromatic heterocycles. The van der Waals surface area contributed by atoms with E-state index in [1.165, 1.54) is 34.8 Å². The van der Waals surface area contributed by atoms with Crippen molar-refractivity contribution in [2.75, 3.05) is 18.4 Å². The van der Waals surface area contributed by atoms with Crippen LogP contribution in [0, 0.1) is 5.92 Å². The number of anilines is 1. The molecule has 3 fully saturated rings. The standard InChI is InChI=1S/C37H49ClN10O4S/c1-47-30(16-22-6-7-22)27(19-43-47)32-28(38)20-41-36(46-32)44-25-10-8-24(9-11-25)39-14-4-2-3-5-15-40-37(52)42-18-26-17-23-21-48(35(51)33(23)53-26)29-12-13-31(49)45-34(29)50/h17,19-20,22,24-25,29,39H,2-16,18,21H2,1H3,(H2,40,42,52)(H,41,44,46)(H,45,49,50)/t24-,25-,29?. The van der Waals surface area contributed by atoms with Crippen LogP contribution in [-0.2, 0) is 36.1 Å². The fourth-order valence-corrected chi connectivity index (χ4v) is 8.84. The van der Waals surface area contributed by atoms with Gasteiger partial charge in [-0.15, -0.1) is 11.3 Å². The summed E-state index contributed by atoms with van der Waals surface area (Å²) in [5, 5.41) is 20.5. The largest absolute Gasteiger partial charge is 0.351 e. The highest BCUT2D eigenvalue weighted by Gasteiger charge is 2.40. The highest BCUT2D eigenvalue weighted by Crippen LogP contribution is 2.37. The van der Waals surface area contributed by atoms with E-state index < -0.39 is 11.9 Å². The number of carbonyl (C=O) groups is 4. The number of fused-ring (bicyclic) bond motifs is 1. The molecule has 2 aliphatic carbocycles. The van der Waals surface area contributed by atoms with Crippen LogP contribution in [0.15, 0.2) is 18.5 Å². The molecule has 5 N–H and O–H groups in total. The van der Waals surface area contributed by atoms with Gasteiger partial charge in [0.25, 0.3) is 5.91 Å². The third-order valence-corrected chi connectivity index (χ3v) is 12.2. The van der Waals surface area contributed by atoms with Crippen LogP contribution in [0.25, 0.3) is 11.3 Å². The van der Waals surface area contributed by atoms with E-state index in [0.29, 0.717) is 54.0 Å². The van der Waals surface area contributed by atoms with E-state index in [2.05, 4.69) is 36.7 Å². The predicted molar refractivity (Wildman–Crippen MR) is 202 cm³/mol. The molecule has 2 aliphatic heterocycles. The maximum Gasteiger partial charge on any atom is 0.315 e. The van der Waals surface area contributed by atoms with E-state index >= 15 is 0 Å². The molecule has 0 spiro atoms. The molecule has 7 rings (SSSR count). The molecule has 1 saturated heterocycles. The monoisotopic (exact) mass is 764 g/mol. The van der Waals surface area contributed by atoms with Crippen LogP contribution < -0.4 is 26.6 Å². The molecule has 14 nitrogen and oxygen atoms in total. The second-order valence-electron chi connectivity index (χ2n) is 14.8. The molecule has 284 valence electrons. The second-order valence-corrected chi connectivity index (χ2v) is 16.3. The van der Waals surface area contributed by atoms with Gasteiger partial charge in [0, 0.05) is 54.8 Å². The predicted octanol–water partition coefficient (Wildman–Crippen LogP) is 4.68. The van der Waals surface area contributed by atoms with Crippen molar-refractivity contribution in [1.82, 2.24) is 45.9 Å². The second kappa shape index (κ2) is 16.9. The van der Waals surface area contributed by atoms with Gasteiger partial charge in [-0.3, -0.25) is 24.4 Å². The number of amides is 5. The summed E-state index contributed by atoms with van der Waals surface area (Å²) < 4.78 is 1.95. The molecule has 53 heavy (non-hydrogen) atoms. The first kappa shape index (κ1) is 37.2. The topological polar surface area (TPSA) is 175 Å². The Kier molecular flexibility index (Phi) is 11.9. The van der Waals surface area contributed by atoms with Crippen LogP contribution in [0.3, 0.4) is 0 Å². The number of imide groups is 1. The number of halogens is 1. The number of unbranched alkanes of at least 4 members (excludes halogenated alkanes) is 3. The molecule has 2 saturated carbocycles. The number of piperidine rings is 1. The number of nitrogens with one attached hydrogen (secondary N) is 5. The highest BCUT2D eigenvalue weighted by atomic mass is 35.5. The SMILES string of the molecule is Cn1ncc(-c2nc(N[C@H]3CC[C@H](NCCCCCCNC(=O)NCc4cc5c(s4)C(=O)N(C4CCC(=O)NC4=O)C5)CC3)ncc2Cl)c1CC1CC1. The Hall–Kier alpha value is -4.08. The Morgan fingerprint density at radius 3 is 2.51 bits per heavy atom. The van der Waals surface area contributed by atoms with Crippen LogP contribution in [0.1, 0.15) is 103 Å². The van der Waals surface area contributed by atoms with Crippen LogP contribution in [0.4, 0.5) is 10.7 Å². The molecular weight excluding hydrogens is 716 g/mol. The first-order valence-electron chi connectivity index (χ1n) is 19.0. The van der Waals surface area contributed by atoms with Crippen molar-refractivity contribution < 1.29 is 19.2 Å². The average molecular weight is 765 g/mol. The molecule has 1 unspecified atom stereocenters. The van der Waals surface area contributed by atoms with Crippen LogP contribution in [-0.4, -0.2) is 79.6 Å². The number of aryl methyl sites for hydroxylation is 1. The van der Waals surface area contributed by atoms with Crippen molar-refractivity contribution in [3.05, 3.63) is 44.5 Å². The van der Waals surface area contributed by atoms with Gasteiger partial charge in [-0.05, 0) is 88.3 Å². The van der Waals surface area contributed by atoms with Crippen molar-refractivity contribution in [2.24, 2.45) is 13.0 Å². The van der Waals surface area contributed by atoms with Crippen LogP contribution in [0.2, 0.25) is 5.02 Å². The van der Waals surface area contributed by atoms with Crippen molar-refractivity contribution in [3.63, 3.8) is 0 Å². The van der Waals surface area contributed by atoms with Gasteiger partial charge in [0.05, 0.1) is 34.5 Å². The number of nitrogens with zero attached hydrogens (tertiary/aromatic N) is 5. The number of thiophene rings is 1. The summed E-state index contributed by atoms with van der Waals surface area (Å²) in [7, 11) is 1.99. The molecule has 1 atom stereocenters. The van der Waals surface area contributed by atoms with Crippen LogP contribution in [0.5, 0.6) is 0 Å². The van der Waals surface area contributed by atoms with E-state index in [0.717, 1.165) is 91.9 Å². The summed E-state index contributed by atoms with van der Waals surface area (Å²) in [5.74, 6) is 0.457. The summed E-state index contributed by atoms with van der Waals surface area (Å²) in [5.41, 5.74) is 3.80. The third kappa shape index (κ3) is 9.36. The molecule has 4 aliphatic rings. The molecule has 0 radical (unpaired) electrons. The van der Waals surface area contributed by atoms with Gasteiger partial charge in [0.2, 0.25) is 17.8 Å². The van der Waals surface area contributed by atoms with E-state index in [-0.39, 0.29) is 24.3 Å². The minimum atomic E-state index is -0.618. The van der Waals surface area contributed by atoms with Crippen molar-refractivity contribution in [3.8, 4) is 11.3 Å². The lowest BCUT2D eigenvalue weighted by Gasteiger charge is -2.30. The number of hydrogen-bond donors (Lipinski definition) is 5. The molecular formula is C37H49ClN10O4S. The fraction of sp³-hybridized carbons (Fsp3) is 0.595. The quantitative estimate of drug-likeness (QED) is 0.103. The van der Waals surface area contributed by atoms with Gasteiger partial charge in [-0.25, -0.2) is 14.8 Å². The van der Waals surface area contributed by atoms with Gasteiger partial charge in [0.1, 0.15) is 6.04 Å². The lowest BCUT2D eigenvalue weighted by Crippen LogP contribution is -2.52. The summed E-state index contributed by atoms with van der Waals surface area (Å²) in [6, 6.07) is 1.93. The summed E-state index contributed by atoms with van der Waals surface area (Å²) >= 11 is 7.91. The normalized spacial score (nSPS) is 21.4. The minimum Gasteiger partial charge on any atom is -0.351 e. The number of rotatable bonds is 16. The molecule has 16 heteroatoms. The lowest BCUT2D eigenvalue weighted by atomic mass is 9.91. The zero-order chi connectivity index (χ0) is 36.9. The maximum atomic E-state index is 12.9. The van der Waals surface area contributed by atoms with Gasteiger partial charge >= 0.3 is 6.03 Å². The van der Waals surface area contributed by atoms with Gasteiger partial charge < -0.3 is 26.2 Å². The van der Waals surface area contributed by atoms with E-state index in [1.807, 2.05) is 24.0 Å². The number of urea groups is 1. The fourth-order valence-electron chi connectivity index (χ4n) is 7.58. The third-order valence-electron chi connectivity index (χ3n) is 10.8. The summed E-state index contributed by atoms with van der Waals surface area (Å²) in [6.45, 7) is 2.28. The zero-order valence-corrected chi connectivity index (χ0v) is 31.8. The number of aromatic nitrogens is 4. The molecule has 0 aromatic carbocycles. The Labute approximate surface area is 318 Å². The number of hydrogen-bond acceptors (Lipinski definition) is 10.